The van der Waals surface area contributed by atoms with E-state index in [1.54, 1.807) is 0 Å². The van der Waals surface area contributed by atoms with Gasteiger partial charge in [-0.15, -0.1) is 6.58 Å². The normalized spacial score (nSPS) is 24.1. The predicted molar refractivity (Wildman–Crippen MR) is 146 cm³/mol. The molecule has 5 nitrogen and oxygen atoms in total. The number of pyridine rings is 1. The van der Waals surface area contributed by atoms with Gasteiger partial charge in [0.25, 0.3) is 0 Å². The molecule has 1 aromatic heterocycles. The van der Waals surface area contributed by atoms with Gasteiger partial charge in [0, 0.05) is 44.1 Å². The van der Waals surface area contributed by atoms with Crippen molar-refractivity contribution in [2.45, 2.75) is 63.7 Å². The highest BCUT2D eigenvalue weighted by atomic mass is 15.3. The summed E-state index contributed by atoms with van der Waals surface area (Å²) in [5.74, 6) is 0. The number of nitrogens with one attached hydrogen (secondary N) is 1. The number of aromatic nitrogens is 1. The minimum Gasteiger partial charge on any atom is -0.368 e. The topological polar surface area (TPSA) is 34.6 Å². The summed E-state index contributed by atoms with van der Waals surface area (Å²) in [4.78, 5) is 12.3. The summed E-state index contributed by atoms with van der Waals surface area (Å²) >= 11 is 0. The molecule has 1 aromatic carbocycles. The third-order valence-corrected chi connectivity index (χ3v) is 8.33. The molecule has 3 aliphatic rings. The second-order valence-corrected chi connectivity index (χ2v) is 10.6. The Balaban J connectivity index is 1.25. The van der Waals surface area contributed by atoms with Crippen molar-refractivity contribution in [2.24, 2.45) is 0 Å². The molecule has 2 unspecified atom stereocenters. The van der Waals surface area contributed by atoms with Crippen LogP contribution in [0.5, 0.6) is 0 Å². The summed E-state index contributed by atoms with van der Waals surface area (Å²) in [6.07, 6.45) is 12.0. The average Bonchev–Trinajstić information content (AvgIpc) is 2.90. The highest BCUT2D eigenvalue weighted by molar-refractivity contribution is 5.58. The minimum atomic E-state index is 0.319. The zero-order chi connectivity index (χ0) is 24.4. The van der Waals surface area contributed by atoms with Crippen molar-refractivity contribution < 1.29 is 0 Å². The molecule has 0 saturated carbocycles. The van der Waals surface area contributed by atoms with E-state index >= 15 is 0 Å². The molecule has 3 atom stereocenters. The van der Waals surface area contributed by atoms with Crippen molar-refractivity contribution >= 4 is 5.69 Å². The van der Waals surface area contributed by atoms with Crippen LogP contribution in [0.15, 0.2) is 55.9 Å². The molecule has 1 aliphatic carbocycles. The van der Waals surface area contributed by atoms with Gasteiger partial charge in [-0.25, -0.2) is 0 Å². The Bertz CT molecular complexity index is 1060. The maximum atomic E-state index is 4.85. The van der Waals surface area contributed by atoms with Crippen LogP contribution >= 0.6 is 0 Å². The lowest BCUT2D eigenvalue weighted by Crippen LogP contribution is -2.50. The lowest BCUT2D eigenvalue weighted by molar-refractivity contribution is 0.204. The van der Waals surface area contributed by atoms with Crippen molar-refractivity contribution in [3.05, 3.63) is 83.8 Å². The maximum absolute atomic E-state index is 4.85. The molecule has 2 aromatic rings. The van der Waals surface area contributed by atoms with Gasteiger partial charge >= 0.3 is 0 Å². The fourth-order valence-electron chi connectivity index (χ4n) is 6.28. The van der Waals surface area contributed by atoms with Crippen LogP contribution in [-0.4, -0.2) is 60.1 Å². The van der Waals surface area contributed by atoms with E-state index < -0.39 is 0 Å². The Morgan fingerprint density at radius 3 is 2.94 bits per heavy atom. The van der Waals surface area contributed by atoms with E-state index in [1.165, 1.54) is 52.9 Å². The van der Waals surface area contributed by atoms with Crippen molar-refractivity contribution in [3.63, 3.8) is 0 Å². The monoisotopic (exact) mass is 471 g/mol. The van der Waals surface area contributed by atoms with Gasteiger partial charge in [-0.05, 0) is 87.1 Å². The molecule has 35 heavy (non-hydrogen) atoms. The standard InChI is InChI=1S/C30H41N5/c1-5-26-21-35(16-15-34(26)6-2)28-11-8-10-24-20-31-25(18-27(24)28)13-14-33(4)29-12-7-9-23-17-22(3)19-32-30(23)29/h5-6,8,10-11,17,19,25-26,29,31H,1-2,7,9,12-16,18,20-21H2,3-4H3/t25?,26?,29-/m0/s1. The van der Waals surface area contributed by atoms with E-state index in [2.05, 4.69) is 77.5 Å². The van der Waals surface area contributed by atoms with E-state index in [-0.39, 0.29) is 0 Å². The van der Waals surface area contributed by atoms with E-state index in [4.69, 9.17) is 4.98 Å². The number of aryl methyl sites for hydroxylation is 2. The van der Waals surface area contributed by atoms with Crippen LogP contribution in [0.3, 0.4) is 0 Å². The lowest BCUT2D eigenvalue weighted by Gasteiger charge is -2.42. The fourth-order valence-corrected chi connectivity index (χ4v) is 6.28. The Morgan fingerprint density at radius 2 is 2.11 bits per heavy atom. The van der Waals surface area contributed by atoms with Crippen LogP contribution in [-0.2, 0) is 19.4 Å². The van der Waals surface area contributed by atoms with Crippen molar-refractivity contribution in [1.29, 1.82) is 0 Å². The van der Waals surface area contributed by atoms with Gasteiger partial charge in [0.2, 0.25) is 0 Å². The van der Waals surface area contributed by atoms with Crippen LogP contribution < -0.4 is 10.2 Å². The first kappa shape index (κ1) is 24.1. The summed E-state index contributed by atoms with van der Waals surface area (Å²) in [5.41, 5.74) is 8.45. The molecule has 0 spiro atoms. The molecule has 0 radical (unpaired) electrons. The molecule has 186 valence electrons. The molecule has 1 N–H and O–H groups in total. The number of hydrogen-bond acceptors (Lipinski definition) is 5. The molecule has 1 fully saturated rings. The molecule has 0 amide bonds. The zero-order valence-electron chi connectivity index (χ0n) is 21.5. The third kappa shape index (κ3) is 5.03. The molecule has 2 aliphatic heterocycles. The first-order valence-corrected chi connectivity index (χ1v) is 13.3. The van der Waals surface area contributed by atoms with Gasteiger partial charge in [0.15, 0.2) is 0 Å². The van der Waals surface area contributed by atoms with Gasteiger partial charge in [0.1, 0.15) is 0 Å². The summed E-state index contributed by atoms with van der Waals surface area (Å²) in [6, 6.07) is 10.5. The number of anilines is 1. The number of fused-ring (bicyclic) bond motifs is 2. The van der Waals surface area contributed by atoms with Crippen LogP contribution in [0.1, 0.15) is 53.3 Å². The Hall–Kier alpha value is -2.63. The number of benzene rings is 1. The zero-order valence-corrected chi connectivity index (χ0v) is 21.5. The first-order valence-electron chi connectivity index (χ1n) is 13.3. The lowest BCUT2D eigenvalue weighted by atomic mass is 9.89. The molecule has 1 saturated heterocycles. The summed E-state index contributed by atoms with van der Waals surface area (Å²) in [5, 5.41) is 3.83. The number of piperazine rings is 1. The molecule has 5 rings (SSSR count). The fraction of sp³-hybridized carbons (Fsp3) is 0.500. The summed E-state index contributed by atoms with van der Waals surface area (Å²) in [7, 11) is 2.29. The smallest absolute Gasteiger partial charge is 0.0640 e. The Morgan fingerprint density at radius 1 is 1.23 bits per heavy atom. The Kier molecular flexibility index (Phi) is 7.26. The van der Waals surface area contributed by atoms with Gasteiger partial charge < -0.3 is 15.1 Å². The van der Waals surface area contributed by atoms with E-state index in [0.717, 1.165) is 45.6 Å². The van der Waals surface area contributed by atoms with Gasteiger partial charge in [-0.3, -0.25) is 9.88 Å². The quantitative estimate of drug-likeness (QED) is 0.596. The van der Waals surface area contributed by atoms with Crippen molar-refractivity contribution in [2.75, 3.05) is 38.1 Å². The number of rotatable bonds is 7. The number of nitrogens with zero attached hydrogens (tertiary/aromatic N) is 4. The van der Waals surface area contributed by atoms with Crippen LogP contribution in [0.2, 0.25) is 0 Å². The highest BCUT2D eigenvalue weighted by Crippen LogP contribution is 2.34. The minimum absolute atomic E-state index is 0.319. The average molecular weight is 472 g/mol. The Labute approximate surface area is 211 Å². The highest BCUT2D eigenvalue weighted by Gasteiger charge is 2.29. The van der Waals surface area contributed by atoms with Crippen LogP contribution in [0.4, 0.5) is 5.69 Å². The predicted octanol–water partition coefficient (Wildman–Crippen LogP) is 4.62. The van der Waals surface area contributed by atoms with Crippen LogP contribution in [0, 0.1) is 6.92 Å². The van der Waals surface area contributed by atoms with Gasteiger partial charge in [-0.2, -0.15) is 0 Å². The van der Waals surface area contributed by atoms with Crippen LogP contribution in [0.25, 0.3) is 0 Å². The molecule has 5 heteroatoms. The first-order chi connectivity index (χ1) is 17.1. The second kappa shape index (κ2) is 10.5. The summed E-state index contributed by atoms with van der Waals surface area (Å²) in [6.45, 7) is 15.3. The molecule has 0 bridgehead atoms. The van der Waals surface area contributed by atoms with Gasteiger partial charge in [0.05, 0.1) is 17.8 Å². The molecular weight excluding hydrogens is 430 g/mol. The largest absolute Gasteiger partial charge is 0.368 e. The number of hydrogen-bond donors (Lipinski definition) is 1. The maximum Gasteiger partial charge on any atom is 0.0640 e. The van der Waals surface area contributed by atoms with E-state index in [1.807, 2.05) is 12.4 Å². The summed E-state index contributed by atoms with van der Waals surface area (Å²) < 4.78 is 0. The molecule has 3 heterocycles. The van der Waals surface area contributed by atoms with Crippen molar-refractivity contribution in [1.82, 2.24) is 20.1 Å². The van der Waals surface area contributed by atoms with Crippen molar-refractivity contribution in [3.8, 4) is 0 Å². The van der Waals surface area contributed by atoms with E-state index in [0.29, 0.717) is 18.1 Å². The van der Waals surface area contributed by atoms with Gasteiger partial charge in [-0.1, -0.05) is 30.9 Å². The second-order valence-electron chi connectivity index (χ2n) is 10.6. The third-order valence-electron chi connectivity index (χ3n) is 8.33. The SMILES string of the molecule is C=CC1CN(c2cccc3c2CC(CCN(C)[C@H]2CCCc4cc(C)cnc42)NC3)CCN1C=C. The molecular formula is C30H41N5. The van der Waals surface area contributed by atoms with E-state index in [9.17, 15) is 0 Å².